The molecule has 4 nitrogen and oxygen atoms in total. The first-order valence-corrected chi connectivity index (χ1v) is 5.75. The van der Waals surface area contributed by atoms with Crippen LogP contribution >= 0.6 is 22.6 Å². The van der Waals surface area contributed by atoms with Gasteiger partial charge in [-0.3, -0.25) is 0 Å². The number of anilines is 1. The number of nitrogens with one attached hydrogen (secondary N) is 2. The first-order chi connectivity index (χ1) is 7.50. The predicted octanol–water partition coefficient (Wildman–Crippen LogP) is 1.93. The van der Waals surface area contributed by atoms with Gasteiger partial charge in [-0.25, -0.2) is 9.18 Å². The minimum atomic E-state index is -0.614. The van der Waals surface area contributed by atoms with Crippen molar-refractivity contribution < 1.29 is 14.3 Å². The molecule has 3 N–H and O–H groups in total. The molecule has 1 aromatic carbocycles. The Balaban J connectivity index is 2.59. The molecule has 6 heteroatoms. The van der Waals surface area contributed by atoms with Crippen molar-refractivity contribution in [3.8, 4) is 0 Å². The Kier molecular flexibility index (Phi) is 4.94. The van der Waals surface area contributed by atoms with E-state index in [1.54, 1.807) is 13.0 Å². The normalized spacial score (nSPS) is 12.0. The number of aliphatic hydroxyl groups excluding tert-OH is 1. The topological polar surface area (TPSA) is 61.4 Å². The van der Waals surface area contributed by atoms with Crippen LogP contribution < -0.4 is 10.6 Å². The summed E-state index contributed by atoms with van der Waals surface area (Å²) < 4.78 is 13.5. The van der Waals surface area contributed by atoms with Crippen molar-refractivity contribution in [3.05, 3.63) is 27.6 Å². The van der Waals surface area contributed by atoms with Gasteiger partial charge in [0.1, 0.15) is 5.82 Å². The molecule has 1 atom stereocenters. The zero-order chi connectivity index (χ0) is 12.1. The summed E-state index contributed by atoms with van der Waals surface area (Å²) in [4.78, 5) is 11.3. The lowest BCUT2D eigenvalue weighted by atomic mass is 10.3. The molecule has 0 heterocycles. The quantitative estimate of drug-likeness (QED) is 0.738. The van der Waals surface area contributed by atoms with Gasteiger partial charge in [-0.2, -0.15) is 0 Å². The van der Waals surface area contributed by atoms with Crippen molar-refractivity contribution in [3.63, 3.8) is 0 Å². The van der Waals surface area contributed by atoms with Crippen LogP contribution in [0.5, 0.6) is 0 Å². The van der Waals surface area contributed by atoms with Crippen LogP contribution in [-0.4, -0.2) is 23.8 Å². The number of hydrogen-bond donors (Lipinski definition) is 3. The van der Waals surface area contributed by atoms with Crippen molar-refractivity contribution >= 4 is 34.3 Å². The lowest BCUT2D eigenvalue weighted by molar-refractivity contribution is 0.190. The van der Waals surface area contributed by atoms with Crippen LogP contribution in [0.15, 0.2) is 18.2 Å². The summed E-state index contributed by atoms with van der Waals surface area (Å²) in [7, 11) is 0. The van der Waals surface area contributed by atoms with Crippen molar-refractivity contribution in [1.82, 2.24) is 5.32 Å². The van der Waals surface area contributed by atoms with Crippen LogP contribution in [0.2, 0.25) is 0 Å². The van der Waals surface area contributed by atoms with Gasteiger partial charge in [-0.15, -0.1) is 0 Å². The Morgan fingerprint density at radius 1 is 1.62 bits per heavy atom. The second kappa shape index (κ2) is 6.00. The fourth-order valence-corrected chi connectivity index (χ4v) is 1.50. The molecule has 0 aromatic heterocycles. The van der Waals surface area contributed by atoms with Gasteiger partial charge in [0.15, 0.2) is 0 Å². The summed E-state index contributed by atoms with van der Waals surface area (Å²) in [6.07, 6.45) is -0.614. The first-order valence-electron chi connectivity index (χ1n) is 4.67. The maximum atomic E-state index is 13.1. The zero-order valence-corrected chi connectivity index (χ0v) is 10.8. The minimum Gasteiger partial charge on any atom is -0.392 e. The molecule has 0 fully saturated rings. The third kappa shape index (κ3) is 3.93. The van der Waals surface area contributed by atoms with E-state index in [4.69, 9.17) is 5.11 Å². The van der Waals surface area contributed by atoms with E-state index >= 15 is 0 Å². The molecule has 88 valence electrons. The van der Waals surface area contributed by atoms with Crippen molar-refractivity contribution in [2.45, 2.75) is 13.0 Å². The molecule has 2 amide bonds. The average Bonchev–Trinajstić information content (AvgIpc) is 2.22. The molecule has 0 saturated carbocycles. The van der Waals surface area contributed by atoms with Crippen LogP contribution in [0.3, 0.4) is 0 Å². The van der Waals surface area contributed by atoms with Crippen LogP contribution in [0.4, 0.5) is 14.9 Å². The van der Waals surface area contributed by atoms with E-state index in [1.807, 2.05) is 22.6 Å². The first kappa shape index (κ1) is 13.2. The van der Waals surface area contributed by atoms with Gasteiger partial charge >= 0.3 is 6.03 Å². The van der Waals surface area contributed by atoms with Gasteiger partial charge in [-0.05, 0) is 41.6 Å². The molecule has 16 heavy (non-hydrogen) atoms. The molecule has 1 aromatic rings. The number of urea groups is 1. The van der Waals surface area contributed by atoms with Crippen molar-refractivity contribution in [1.29, 1.82) is 0 Å². The highest BCUT2D eigenvalue weighted by atomic mass is 127. The molecular formula is C10H12FIN2O2. The maximum absolute atomic E-state index is 13.1. The summed E-state index contributed by atoms with van der Waals surface area (Å²) >= 11 is 1.81. The molecular weight excluding hydrogens is 326 g/mol. The van der Waals surface area contributed by atoms with Crippen molar-refractivity contribution in [2.24, 2.45) is 0 Å². The highest BCUT2D eigenvalue weighted by Crippen LogP contribution is 2.20. The van der Waals surface area contributed by atoms with Crippen molar-refractivity contribution in [2.75, 3.05) is 11.9 Å². The Labute approximate surface area is 106 Å². The van der Waals surface area contributed by atoms with Gasteiger partial charge in [0.05, 0.1) is 15.4 Å². The summed E-state index contributed by atoms with van der Waals surface area (Å²) in [6, 6.07) is 3.97. The smallest absolute Gasteiger partial charge is 0.319 e. The molecule has 0 bridgehead atoms. The highest BCUT2D eigenvalue weighted by molar-refractivity contribution is 14.1. The average molecular weight is 338 g/mol. The fraction of sp³-hybridized carbons (Fsp3) is 0.300. The van der Waals surface area contributed by atoms with Gasteiger partial charge in [0, 0.05) is 6.54 Å². The molecule has 1 unspecified atom stereocenters. The molecule has 0 spiro atoms. The number of amides is 2. The predicted molar refractivity (Wildman–Crippen MR) is 67.8 cm³/mol. The number of halogens is 2. The Morgan fingerprint density at radius 2 is 2.31 bits per heavy atom. The van der Waals surface area contributed by atoms with Gasteiger partial charge < -0.3 is 15.7 Å². The lowest BCUT2D eigenvalue weighted by Gasteiger charge is -2.10. The van der Waals surface area contributed by atoms with E-state index in [9.17, 15) is 9.18 Å². The van der Waals surface area contributed by atoms with Crippen LogP contribution in [0.1, 0.15) is 6.92 Å². The number of hydrogen-bond acceptors (Lipinski definition) is 2. The SMILES string of the molecule is CC(O)CNC(=O)Nc1cccc(F)c1I. The summed E-state index contributed by atoms with van der Waals surface area (Å²) in [5.74, 6) is -0.381. The number of benzene rings is 1. The second-order valence-corrected chi connectivity index (χ2v) is 4.36. The van der Waals surface area contributed by atoms with E-state index in [0.29, 0.717) is 9.26 Å². The molecule has 0 aliphatic heterocycles. The second-order valence-electron chi connectivity index (χ2n) is 3.29. The van der Waals surface area contributed by atoms with E-state index in [-0.39, 0.29) is 12.4 Å². The standard InChI is InChI=1S/C10H12FIN2O2/c1-6(15)5-13-10(16)14-8-4-2-3-7(11)9(8)12/h2-4,6,15H,5H2,1H3,(H2,13,14,16). The fourth-order valence-electron chi connectivity index (χ4n) is 1.01. The van der Waals surface area contributed by atoms with E-state index in [1.165, 1.54) is 12.1 Å². The molecule has 0 aliphatic carbocycles. The van der Waals surface area contributed by atoms with Crippen LogP contribution in [0, 0.1) is 9.39 Å². The number of carbonyl (C=O) groups excluding carboxylic acids is 1. The number of aliphatic hydroxyl groups is 1. The summed E-state index contributed by atoms with van der Waals surface area (Å²) in [6.45, 7) is 1.71. The lowest BCUT2D eigenvalue weighted by Crippen LogP contribution is -2.34. The van der Waals surface area contributed by atoms with E-state index < -0.39 is 12.1 Å². The van der Waals surface area contributed by atoms with Crippen LogP contribution in [0.25, 0.3) is 0 Å². The monoisotopic (exact) mass is 338 g/mol. The van der Waals surface area contributed by atoms with E-state index in [2.05, 4.69) is 10.6 Å². The zero-order valence-electron chi connectivity index (χ0n) is 8.63. The Morgan fingerprint density at radius 3 is 2.94 bits per heavy atom. The number of carbonyl (C=O) groups is 1. The highest BCUT2D eigenvalue weighted by Gasteiger charge is 2.08. The molecule has 0 saturated heterocycles. The van der Waals surface area contributed by atoms with Crippen LogP contribution in [-0.2, 0) is 0 Å². The molecule has 1 rings (SSSR count). The van der Waals surface area contributed by atoms with Gasteiger partial charge in [0.25, 0.3) is 0 Å². The number of rotatable bonds is 3. The Hall–Kier alpha value is -0.890. The summed E-state index contributed by atoms with van der Waals surface area (Å²) in [5.41, 5.74) is 0.406. The minimum absolute atomic E-state index is 0.151. The maximum Gasteiger partial charge on any atom is 0.319 e. The third-order valence-electron chi connectivity index (χ3n) is 1.76. The third-order valence-corrected chi connectivity index (χ3v) is 2.85. The molecule has 0 aliphatic rings. The largest absolute Gasteiger partial charge is 0.392 e. The molecule has 0 radical (unpaired) electrons. The van der Waals surface area contributed by atoms with Gasteiger partial charge in [0.2, 0.25) is 0 Å². The van der Waals surface area contributed by atoms with Gasteiger partial charge in [-0.1, -0.05) is 6.07 Å². The van der Waals surface area contributed by atoms with E-state index in [0.717, 1.165) is 0 Å². The Bertz CT molecular complexity index is 385. The summed E-state index contributed by atoms with van der Waals surface area (Å²) in [5, 5.41) is 13.9.